The molecule has 5 heteroatoms. The second-order valence-electron chi connectivity index (χ2n) is 1.64. The molecule has 0 bridgehead atoms. The lowest BCUT2D eigenvalue weighted by molar-refractivity contribution is 0.699. The fourth-order valence-corrected chi connectivity index (χ4v) is 0.553. The van der Waals surface area contributed by atoms with Crippen molar-refractivity contribution in [3.63, 3.8) is 0 Å². The lowest BCUT2D eigenvalue weighted by Crippen LogP contribution is -2.34. The first-order chi connectivity index (χ1) is 4.27. The first kappa shape index (κ1) is 12.6. The highest BCUT2D eigenvalue weighted by Crippen LogP contribution is 1.58. The maximum absolute atomic E-state index is 5.17. The Morgan fingerprint density at radius 1 is 1.50 bits per heavy atom. The van der Waals surface area contributed by atoms with Crippen LogP contribution in [0.1, 0.15) is 6.92 Å². The van der Waals surface area contributed by atoms with Crippen LogP contribution in [0.25, 0.3) is 0 Å². The predicted molar refractivity (Wildman–Crippen MR) is 50.6 cm³/mol. The maximum atomic E-state index is 5.17. The minimum absolute atomic E-state index is 0. The van der Waals surface area contributed by atoms with Gasteiger partial charge in [0.2, 0.25) is 0 Å². The quantitative estimate of drug-likeness (QED) is 0.419. The number of nitrogens with one attached hydrogen (secondary N) is 2. The third-order valence-corrected chi connectivity index (χ3v) is 0.995. The van der Waals surface area contributed by atoms with Crippen LogP contribution in [0, 0.1) is 0 Å². The molecule has 0 radical (unpaired) electrons. The fourth-order valence-electron chi connectivity index (χ4n) is 0.451. The SMILES string of the molecule is CCNCCNC(N)=S.Cl. The van der Waals surface area contributed by atoms with Crippen molar-refractivity contribution in [2.75, 3.05) is 19.6 Å². The van der Waals surface area contributed by atoms with E-state index in [0.29, 0.717) is 5.11 Å². The molecule has 0 atom stereocenters. The van der Waals surface area contributed by atoms with Crippen molar-refractivity contribution in [1.29, 1.82) is 0 Å². The van der Waals surface area contributed by atoms with Crippen LogP contribution in [0.5, 0.6) is 0 Å². The van der Waals surface area contributed by atoms with Gasteiger partial charge in [0.05, 0.1) is 0 Å². The van der Waals surface area contributed by atoms with E-state index in [9.17, 15) is 0 Å². The summed E-state index contributed by atoms with van der Waals surface area (Å²) in [7, 11) is 0. The van der Waals surface area contributed by atoms with Crippen molar-refractivity contribution in [1.82, 2.24) is 10.6 Å². The molecule has 0 unspecified atom stereocenters. The van der Waals surface area contributed by atoms with Crippen molar-refractivity contribution < 1.29 is 0 Å². The van der Waals surface area contributed by atoms with E-state index < -0.39 is 0 Å². The lowest BCUT2D eigenvalue weighted by atomic mass is 10.6. The zero-order chi connectivity index (χ0) is 7.11. The van der Waals surface area contributed by atoms with Gasteiger partial charge in [-0.3, -0.25) is 0 Å². The van der Waals surface area contributed by atoms with Gasteiger partial charge in [0, 0.05) is 13.1 Å². The van der Waals surface area contributed by atoms with Crippen LogP contribution in [0.4, 0.5) is 0 Å². The standard InChI is InChI=1S/C5H13N3S.ClH/c1-2-7-3-4-8-5(6)9;/h7H,2-4H2,1H3,(H3,6,8,9);1H. The van der Waals surface area contributed by atoms with E-state index in [1.165, 1.54) is 0 Å². The normalized spacial score (nSPS) is 8.10. The molecule has 0 fully saturated rings. The van der Waals surface area contributed by atoms with E-state index in [1.807, 2.05) is 0 Å². The van der Waals surface area contributed by atoms with E-state index in [4.69, 9.17) is 5.73 Å². The summed E-state index contributed by atoms with van der Waals surface area (Å²) in [6.45, 7) is 4.76. The fraction of sp³-hybridized carbons (Fsp3) is 0.800. The van der Waals surface area contributed by atoms with Gasteiger partial charge in [-0.05, 0) is 18.8 Å². The van der Waals surface area contributed by atoms with Gasteiger partial charge < -0.3 is 16.4 Å². The molecule has 0 aromatic carbocycles. The summed E-state index contributed by atoms with van der Waals surface area (Å²) in [5, 5.41) is 6.32. The number of thiocarbonyl (C=S) groups is 1. The highest BCUT2D eigenvalue weighted by Gasteiger charge is 1.83. The van der Waals surface area contributed by atoms with Crippen molar-refractivity contribution in [2.24, 2.45) is 5.73 Å². The van der Waals surface area contributed by atoms with Gasteiger partial charge in [0.25, 0.3) is 0 Å². The molecule has 0 aliphatic rings. The van der Waals surface area contributed by atoms with Gasteiger partial charge in [-0.15, -0.1) is 12.4 Å². The van der Waals surface area contributed by atoms with Gasteiger partial charge >= 0.3 is 0 Å². The number of likely N-dealkylation sites (N-methyl/N-ethyl adjacent to an activating group) is 1. The Balaban J connectivity index is 0. The molecule has 0 heterocycles. The Kier molecular flexibility index (Phi) is 11.3. The molecule has 10 heavy (non-hydrogen) atoms. The summed E-state index contributed by atoms with van der Waals surface area (Å²) in [5.41, 5.74) is 5.17. The van der Waals surface area contributed by atoms with E-state index >= 15 is 0 Å². The van der Waals surface area contributed by atoms with Crippen molar-refractivity contribution in [3.8, 4) is 0 Å². The Labute approximate surface area is 73.2 Å². The highest BCUT2D eigenvalue weighted by molar-refractivity contribution is 7.80. The van der Waals surface area contributed by atoms with Crippen molar-refractivity contribution in [3.05, 3.63) is 0 Å². The summed E-state index contributed by atoms with van der Waals surface area (Å²) in [6, 6.07) is 0. The second-order valence-corrected chi connectivity index (χ2v) is 2.08. The zero-order valence-corrected chi connectivity index (χ0v) is 7.65. The minimum Gasteiger partial charge on any atom is -0.376 e. The summed E-state index contributed by atoms with van der Waals surface area (Å²) in [6.07, 6.45) is 0. The monoisotopic (exact) mass is 183 g/mol. The molecule has 4 N–H and O–H groups in total. The molecule has 0 aromatic rings. The van der Waals surface area contributed by atoms with E-state index in [0.717, 1.165) is 19.6 Å². The third kappa shape index (κ3) is 10.8. The lowest BCUT2D eigenvalue weighted by Gasteiger charge is -2.02. The Morgan fingerprint density at radius 3 is 2.50 bits per heavy atom. The predicted octanol–water partition coefficient (Wildman–Crippen LogP) is -0.149. The van der Waals surface area contributed by atoms with Crippen LogP contribution in [0.2, 0.25) is 0 Å². The summed E-state index contributed by atoms with van der Waals surface area (Å²) in [4.78, 5) is 0. The number of hydrogen-bond donors (Lipinski definition) is 3. The summed E-state index contributed by atoms with van der Waals surface area (Å²) >= 11 is 4.58. The van der Waals surface area contributed by atoms with E-state index in [2.05, 4.69) is 29.8 Å². The van der Waals surface area contributed by atoms with Gasteiger partial charge in [-0.1, -0.05) is 6.92 Å². The van der Waals surface area contributed by atoms with E-state index in [1.54, 1.807) is 0 Å². The molecule has 0 saturated heterocycles. The van der Waals surface area contributed by atoms with Gasteiger partial charge in [-0.25, -0.2) is 0 Å². The molecule has 0 amide bonds. The zero-order valence-electron chi connectivity index (χ0n) is 6.02. The van der Waals surface area contributed by atoms with Crippen LogP contribution in [-0.2, 0) is 0 Å². The maximum Gasteiger partial charge on any atom is 0.163 e. The average molecular weight is 184 g/mol. The third-order valence-electron chi connectivity index (χ3n) is 0.851. The number of rotatable bonds is 4. The van der Waals surface area contributed by atoms with Crippen molar-refractivity contribution in [2.45, 2.75) is 6.92 Å². The van der Waals surface area contributed by atoms with Crippen LogP contribution >= 0.6 is 24.6 Å². The van der Waals surface area contributed by atoms with Crippen LogP contribution in [0.15, 0.2) is 0 Å². The van der Waals surface area contributed by atoms with Crippen molar-refractivity contribution >= 4 is 29.7 Å². The topological polar surface area (TPSA) is 50.1 Å². The highest BCUT2D eigenvalue weighted by atomic mass is 35.5. The van der Waals surface area contributed by atoms with E-state index in [-0.39, 0.29) is 12.4 Å². The molecule has 0 aromatic heterocycles. The number of hydrogen-bond acceptors (Lipinski definition) is 2. The molecular formula is C5H14ClN3S. The first-order valence-electron chi connectivity index (χ1n) is 3.01. The molecular weight excluding hydrogens is 170 g/mol. The largest absolute Gasteiger partial charge is 0.376 e. The summed E-state index contributed by atoms with van der Waals surface area (Å²) < 4.78 is 0. The molecule has 0 saturated carbocycles. The molecule has 0 aliphatic heterocycles. The Morgan fingerprint density at radius 2 is 2.10 bits per heavy atom. The minimum atomic E-state index is 0. The van der Waals surface area contributed by atoms with Gasteiger partial charge in [-0.2, -0.15) is 0 Å². The Hall–Kier alpha value is -0.0600. The summed E-state index contributed by atoms with van der Waals surface area (Å²) in [5.74, 6) is 0. The molecule has 62 valence electrons. The smallest absolute Gasteiger partial charge is 0.163 e. The molecule has 0 rings (SSSR count). The molecule has 0 aliphatic carbocycles. The average Bonchev–Trinajstić information content (AvgIpc) is 1.80. The van der Waals surface area contributed by atoms with Gasteiger partial charge in [0.15, 0.2) is 5.11 Å². The second kappa shape index (κ2) is 8.94. The molecule has 3 nitrogen and oxygen atoms in total. The van der Waals surface area contributed by atoms with Gasteiger partial charge in [0.1, 0.15) is 0 Å². The number of nitrogens with two attached hydrogens (primary N) is 1. The van der Waals surface area contributed by atoms with Crippen LogP contribution in [0.3, 0.4) is 0 Å². The number of halogens is 1. The van der Waals surface area contributed by atoms with Crippen LogP contribution in [-0.4, -0.2) is 24.7 Å². The Bertz CT molecular complexity index is 89.0. The van der Waals surface area contributed by atoms with Crippen LogP contribution < -0.4 is 16.4 Å². The molecule has 0 spiro atoms. The first-order valence-corrected chi connectivity index (χ1v) is 3.42.